The number of amides is 1. The molecule has 3 aromatic rings. The molecule has 6 nitrogen and oxygen atoms in total. The molecule has 0 saturated carbocycles. The van der Waals surface area contributed by atoms with Crippen molar-refractivity contribution in [3.05, 3.63) is 87.3 Å². The first-order valence-electron chi connectivity index (χ1n) is 9.28. The average molecular weight is 467 g/mol. The van der Waals surface area contributed by atoms with Gasteiger partial charge < -0.3 is 20.0 Å². The molecule has 10 heteroatoms. The van der Waals surface area contributed by atoms with Crippen LogP contribution in [0.4, 0.5) is 18.9 Å². The van der Waals surface area contributed by atoms with Crippen LogP contribution in [0.5, 0.6) is 11.5 Å². The van der Waals surface area contributed by atoms with Gasteiger partial charge in [-0.2, -0.15) is 4.73 Å². The Labute approximate surface area is 186 Å². The van der Waals surface area contributed by atoms with E-state index in [0.29, 0.717) is 21.4 Å². The SMILES string of the molecule is COc1cc(OC(F)(F)F)ccc1Cc1ccc(C)c(Cl)c1C(=O)Nc1ccc[n+]([O-])c1. The number of ether oxygens (including phenoxy) is 2. The van der Waals surface area contributed by atoms with Crippen molar-refractivity contribution in [2.45, 2.75) is 19.7 Å². The van der Waals surface area contributed by atoms with Gasteiger partial charge in [-0.05, 0) is 35.7 Å². The number of anilines is 1. The molecule has 0 unspecified atom stereocenters. The summed E-state index contributed by atoms with van der Waals surface area (Å²) in [5.41, 5.74) is 2.17. The average Bonchev–Trinajstić information content (AvgIpc) is 2.70. The highest BCUT2D eigenvalue weighted by molar-refractivity contribution is 6.35. The van der Waals surface area contributed by atoms with Crippen LogP contribution in [0.3, 0.4) is 0 Å². The van der Waals surface area contributed by atoms with Gasteiger partial charge in [0.2, 0.25) is 6.20 Å². The number of carbonyl (C=O) groups is 1. The van der Waals surface area contributed by atoms with E-state index in [1.165, 1.54) is 31.6 Å². The largest absolute Gasteiger partial charge is 0.619 e. The summed E-state index contributed by atoms with van der Waals surface area (Å²) in [5.74, 6) is -0.797. The summed E-state index contributed by atoms with van der Waals surface area (Å²) in [6, 6.07) is 10.2. The third-order valence-electron chi connectivity index (χ3n) is 4.55. The van der Waals surface area contributed by atoms with E-state index in [9.17, 15) is 23.2 Å². The summed E-state index contributed by atoms with van der Waals surface area (Å²) in [4.78, 5) is 13.0. The monoisotopic (exact) mass is 466 g/mol. The molecule has 0 aliphatic carbocycles. The summed E-state index contributed by atoms with van der Waals surface area (Å²) in [7, 11) is 1.32. The third-order valence-corrected chi connectivity index (χ3v) is 5.04. The minimum Gasteiger partial charge on any atom is -0.619 e. The fourth-order valence-corrected chi connectivity index (χ4v) is 3.38. The lowest BCUT2D eigenvalue weighted by Gasteiger charge is -2.16. The van der Waals surface area contributed by atoms with E-state index in [0.717, 1.165) is 12.1 Å². The molecule has 1 heterocycles. The molecule has 2 aromatic carbocycles. The molecule has 0 bridgehead atoms. The summed E-state index contributed by atoms with van der Waals surface area (Å²) >= 11 is 6.42. The van der Waals surface area contributed by atoms with E-state index in [-0.39, 0.29) is 28.4 Å². The molecule has 1 N–H and O–H groups in total. The van der Waals surface area contributed by atoms with Gasteiger partial charge in [0.15, 0.2) is 6.20 Å². The number of halogens is 4. The van der Waals surface area contributed by atoms with Crippen LogP contribution >= 0.6 is 11.6 Å². The van der Waals surface area contributed by atoms with Crippen LogP contribution in [0.15, 0.2) is 54.9 Å². The van der Waals surface area contributed by atoms with Gasteiger partial charge in [0, 0.05) is 18.6 Å². The number of alkyl halides is 3. The molecule has 1 amide bonds. The highest BCUT2D eigenvalue weighted by Gasteiger charge is 2.31. The highest BCUT2D eigenvalue weighted by Crippen LogP contribution is 2.33. The molecular weight excluding hydrogens is 449 g/mol. The van der Waals surface area contributed by atoms with E-state index < -0.39 is 18.0 Å². The third kappa shape index (κ3) is 5.61. The maximum atomic E-state index is 13.0. The van der Waals surface area contributed by atoms with Crippen LogP contribution in [-0.2, 0) is 6.42 Å². The van der Waals surface area contributed by atoms with Gasteiger partial charge in [0.05, 0.1) is 17.7 Å². The van der Waals surface area contributed by atoms with Gasteiger partial charge in [-0.1, -0.05) is 29.8 Å². The Morgan fingerprint density at radius 3 is 2.56 bits per heavy atom. The number of methoxy groups -OCH3 is 1. The lowest BCUT2D eigenvalue weighted by molar-refractivity contribution is -0.604. The summed E-state index contributed by atoms with van der Waals surface area (Å²) in [6.07, 6.45) is -2.21. The number of benzene rings is 2. The van der Waals surface area contributed by atoms with E-state index in [4.69, 9.17) is 16.3 Å². The van der Waals surface area contributed by atoms with Crippen molar-refractivity contribution in [1.29, 1.82) is 0 Å². The van der Waals surface area contributed by atoms with E-state index in [1.54, 1.807) is 25.1 Å². The molecule has 32 heavy (non-hydrogen) atoms. The van der Waals surface area contributed by atoms with Crippen LogP contribution in [0.2, 0.25) is 5.02 Å². The lowest BCUT2D eigenvalue weighted by Crippen LogP contribution is -2.26. The van der Waals surface area contributed by atoms with Gasteiger partial charge in [0.25, 0.3) is 5.91 Å². The van der Waals surface area contributed by atoms with Gasteiger partial charge >= 0.3 is 6.36 Å². The van der Waals surface area contributed by atoms with Crippen LogP contribution in [0.25, 0.3) is 0 Å². The Balaban J connectivity index is 1.95. The molecule has 0 aliphatic heterocycles. The predicted molar refractivity (Wildman–Crippen MR) is 112 cm³/mol. The Kier molecular flexibility index (Phi) is 6.78. The Hall–Kier alpha value is -3.46. The second kappa shape index (κ2) is 9.35. The zero-order valence-electron chi connectivity index (χ0n) is 17.0. The molecule has 0 aliphatic rings. The van der Waals surface area contributed by atoms with Crippen LogP contribution < -0.4 is 19.5 Å². The zero-order valence-corrected chi connectivity index (χ0v) is 17.8. The molecule has 0 atom stereocenters. The minimum atomic E-state index is -4.83. The Bertz CT molecular complexity index is 1150. The first kappa shape index (κ1) is 23.2. The number of rotatable bonds is 6. The molecule has 3 rings (SSSR count). The number of nitrogens with zero attached hydrogens (tertiary/aromatic N) is 1. The molecule has 0 spiro atoms. The minimum absolute atomic E-state index is 0.147. The van der Waals surface area contributed by atoms with Crippen molar-refractivity contribution in [3.63, 3.8) is 0 Å². The fraction of sp³-hybridized carbons (Fsp3) is 0.182. The van der Waals surface area contributed by atoms with Crippen molar-refractivity contribution in [2.75, 3.05) is 12.4 Å². The standard InChI is InChI=1S/C22H18ClF3N2O4/c1-13-5-6-15(10-14-7-8-17(11-18(14)31-2)32-22(24,25)26)19(20(13)23)21(29)27-16-4-3-9-28(30)12-16/h3-9,11-12H,10H2,1-2H3,(H,27,29). The molecule has 168 valence electrons. The van der Waals surface area contributed by atoms with Crippen molar-refractivity contribution >= 4 is 23.2 Å². The predicted octanol–water partition coefficient (Wildman–Crippen LogP) is 5.03. The smallest absolute Gasteiger partial charge is 0.573 e. The van der Waals surface area contributed by atoms with Gasteiger partial charge in [0.1, 0.15) is 17.2 Å². The lowest BCUT2D eigenvalue weighted by atomic mass is 9.96. The summed E-state index contributed by atoms with van der Waals surface area (Å²) < 4.78 is 47.2. The maximum absolute atomic E-state index is 13.0. The molecule has 0 radical (unpaired) electrons. The number of carbonyl (C=O) groups excluding carboxylic acids is 1. The number of aryl methyl sites for hydroxylation is 1. The van der Waals surface area contributed by atoms with Crippen LogP contribution in [0, 0.1) is 12.1 Å². The maximum Gasteiger partial charge on any atom is 0.573 e. The number of nitrogens with one attached hydrogen (secondary N) is 1. The van der Waals surface area contributed by atoms with Crippen molar-refractivity contribution in [2.24, 2.45) is 0 Å². The van der Waals surface area contributed by atoms with Crippen molar-refractivity contribution in [3.8, 4) is 11.5 Å². The normalized spacial score (nSPS) is 11.2. The van der Waals surface area contributed by atoms with Gasteiger partial charge in [-0.15, -0.1) is 13.2 Å². The number of pyridine rings is 1. The number of hydrogen-bond donors (Lipinski definition) is 1. The Morgan fingerprint density at radius 1 is 1.19 bits per heavy atom. The topological polar surface area (TPSA) is 74.5 Å². The number of hydrogen-bond acceptors (Lipinski definition) is 4. The van der Waals surface area contributed by atoms with Crippen LogP contribution in [-0.4, -0.2) is 19.4 Å². The van der Waals surface area contributed by atoms with Crippen LogP contribution in [0.1, 0.15) is 27.0 Å². The summed E-state index contributed by atoms with van der Waals surface area (Å²) in [6.45, 7) is 1.74. The van der Waals surface area contributed by atoms with Crippen molar-refractivity contribution < 1.29 is 32.2 Å². The Morgan fingerprint density at radius 2 is 1.91 bits per heavy atom. The van der Waals surface area contributed by atoms with Gasteiger partial charge in [-0.3, -0.25) is 4.79 Å². The van der Waals surface area contributed by atoms with E-state index >= 15 is 0 Å². The van der Waals surface area contributed by atoms with Gasteiger partial charge in [-0.25, -0.2) is 0 Å². The second-order valence-corrected chi connectivity index (χ2v) is 7.21. The first-order valence-corrected chi connectivity index (χ1v) is 9.66. The van der Waals surface area contributed by atoms with E-state index in [2.05, 4.69) is 10.1 Å². The highest BCUT2D eigenvalue weighted by atomic mass is 35.5. The van der Waals surface area contributed by atoms with Crippen molar-refractivity contribution in [1.82, 2.24) is 0 Å². The van der Waals surface area contributed by atoms with E-state index in [1.807, 2.05) is 0 Å². The zero-order chi connectivity index (χ0) is 23.5. The quantitative estimate of drug-likeness (QED) is 0.408. The fourth-order valence-electron chi connectivity index (χ4n) is 3.11. The molecule has 0 saturated heterocycles. The summed E-state index contributed by atoms with van der Waals surface area (Å²) in [5, 5.41) is 14.3. The molecular formula is C22H18ClF3N2O4. The molecule has 1 aromatic heterocycles. The number of aromatic nitrogens is 1. The second-order valence-electron chi connectivity index (χ2n) is 6.84. The first-order chi connectivity index (χ1) is 15.1. The molecule has 0 fully saturated rings.